The third-order valence-corrected chi connectivity index (χ3v) is 7.63. The summed E-state index contributed by atoms with van der Waals surface area (Å²) in [4.78, 5) is 0. The maximum Gasteiger partial charge on any atom is 0.247 e. The van der Waals surface area contributed by atoms with Crippen LogP contribution >= 0.6 is 28.8 Å². The molecule has 0 aliphatic carbocycles. The first-order valence-corrected chi connectivity index (χ1v) is 10.6. The van der Waals surface area contributed by atoms with E-state index in [0.717, 1.165) is 11.5 Å². The van der Waals surface area contributed by atoms with Crippen LogP contribution in [0.5, 0.6) is 0 Å². The van der Waals surface area contributed by atoms with E-state index in [4.69, 9.17) is 20.9 Å². The molecule has 0 fully saturated rings. The van der Waals surface area contributed by atoms with Crippen LogP contribution in [0.2, 0.25) is 0 Å². The average molecular weight is 288 g/mol. The van der Waals surface area contributed by atoms with Crippen LogP contribution in [0.1, 0.15) is 27.7 Å². The van der Waals surface area contributed by atoms with Gasteiger partial charge in [0, 0.05) is 11.5 Å². The van der Waals surface area contributed by atoms with E-state index in [1.165, 1.54) is 0 Å². The summed E-state index contributed by atoms with van der Waals surface area (Å²) in [6, 6.07) is 0. The Morgan fingerprint density at radius 1 is 1.07 bits per heavy atom. The molecule has 0 aromatic heterocycles. The van der Waals surface area contributed by atoms with Crippen molar-refractivity contribution in [3.8, 4) is 0 Å². The van der Waals surface area contributed by atoms with Crippen molar-refractivity contribution < 1.29 is 9.05 Å². The quantitative estimate of drug-likeness (QED) is 0.492. The van der Waals surface area contributed by atoms with Gasteiger partial charge in [0.2, 0.25) is 5.69 Å². The lowest BCUT2D eigenvalue weighted by atomic mass is 10.5. The molecule has 0 heterocycles. The zero-order valence-corrected chi connectivity index (χ0v) is 13.4. The average Bonchev–Trinajstić information content (AvgIpc) is 2.00. The van der Waals surface area contributed by atoms with Gasteiger partial charge < -0.3 is 9.05 Å². The van der Waals surface area contributed by atoms with Gasteiger partial charge in [0.1, 0.15) is 0 Å². The Morgan fingerprint density at radius 2 is 1.53 bits per heavy atom. The summed E-state index contributed by atoms with van der Waals surface area (Å²) in [6.45, 7) is 8.00. The minimum Gasteiger partial charge on any atom is -0.319 e. The molecule has 0 saturated heterocycles. The Labute approximate surface area is 107 Å². The van der Waals surface area contributed by atoms with Gasteiger partial charge in [-0.2, -0.15) is 11.8 Å². The van der Waals surface area contributed by atoms with Crippen LogP contribution in [0.25, 0.3) is 0 Å². The fourth-order valence-electron chi connectivity index (χ4n) is 0.835. The Morgan fingerprint density at radius 3 is 1.87 bits per heavy atom. The highest BCUT2D eigenvalue weighted by Gasteiger charge is 2.22. The molecule has 0 aromatic carbocycles. The highest BCUT2D eigenvalue weighted by atomic mass is 32.9. The number of hydrogen-bond donors (Lipinski definition) is 0. The number of thioether (sulfide) groups is 1. The number of hydrogen-bond acceptors (Lipinski definition) is 5. The summed E-state index contributed by atoms with van der Waals surface area (Å²) in [5.41, 5.74) is -2.12. The topological polar surface area (TPSA) is 18.5 Å². The zero-order chi connectivity index (χ0) is 11.9. The molecule has 0 spiro atoms. The molecular weight excluding hydrogens is 267 g/mol. The van der Waals surface area contributed by atoms with Gasteiger partial charge in [-0.3, -0.25) is 0 Å². The van der Waals surface area contributed by atoms with Crippen LogP contribution in [0, 0.1) is 0 Å². The molecule has 0 N–H and O–H groups in total. The van der Waals surface area contributed by atoms with E-state index in [1.54, 1.807) is 11.4 Å². The molecule has 2 nitrogen and oxygen atoms in total. The molecule has 0 unspecified atom stereocenters. The second-order valence-corrected chi connectivity index (χ2v) is 10.9. The maximum atomic E-state index is 5.75. The van der Waals surface area contributed by atoms with Gasteiger partial charge in [-0.1, -0.05) is 11.4 Å². The normalized spacial score (nSPS) is 12.7. The second kappa shape index (κ2) is 8.37. The predicted octanol–water partition coefficient (Wildman–Crippen LogP) is 4.16. The highest BCUT2D eigenvalue weighted by molar-refractivity contribution is 8.68. The molecule has 0 aliphatic heterocycles. The molecule has 0 aromatic rings. The fourth-order valence-corrected chi connectivity index (χ4v) is 7.67. The molecule has 0 radical (unpaired) electrons. The summed E-state index contributed by atoms with van der Waals surface area (Å²) in [6.07, 6.45) is 2.36. The van der Waals surface area contributed by atoms with Crippen molar-refractivity contribution in [1.82, 2.24) is 0 Å². The molecule has 0 bridgehead atoms. The first-order chi connectivity index (χ1) is 6.89. The van der Waals surface area contributed by atoms with Gasteiger partial charge in [0.05, 0.1) is 12.2 Å². The monoisotopic (exact) mass is 288 g/mol. The maximum absolute atomic E-state index is 5.75. The Hall–Kier alpha value is 1.27. The van der Waals surface area contributed by atoms with Crippen molar-refractivity contribution in [2.24, 2.45) is 0 Å². The smallest absolute Gasteiger partial charge is 0.247 e. The largest absolute Gasteiger partial charge is 0.319 e. The van der Waals surface area contributed by atoms with Gasteiger partial charge in [-0.25, -0.2) is 0 Å². The Bertz CT molecular complexity index is 196. The van der Waals surface area contributed by atoms with Gasteiger partial charge in [0.15, 0.2) is 0 Å². The summed E-state index contributed by atoms with van der Waals surface area (Å²) in [7, 11) is 0. The first-order valence-electron chi connectivity index (χ1n) is 5.00. The van der Waals surface area contributed by atoms with Gasteiger partial charge in [0.25, 0.3) is 0 Å². The van der Waals surface area contributed by atoms with Crippen molar-refractivity contribution in [1.29, 1.82) is 0 Å². The van der Waals surface area contributed by atoms with Gasteiger partial charge in [-0.05, 0) is 45.8 Å². The molecule has 92 valence electrons. The summed E-state index contributed by atoms with van der Waals surface area (Å²) >= 11 is 8.97. The molecule has 0 aliphatic rings. The lowest BCUT2D eigenvalue weighted by molar-refractivity contribution is 0.186. The van der Waals surface area contributed by atoms with Crippen LogP contribution in [-0.4, -0.2) is 30.0 Å². The highest BCUT2D eigenvalue weighted by Crippen LogP contribution is 2.62. The molecule has 0 amide bonds. The summed E-state index contributed by atoms with van der Waals surface area (Å²) < 4.78 is 11.5. The molecular formula is C9H21O2PS3. The van der Waals surface area contributed by atoms with Crippen LogP contribution in [-0.2, 0) is 20.9 Å². The summed E-state index contributed by atoms with van der Waals surface area (Å²) in [5.74, 6) is 2.09. The molecule has 6 heteroatoms. The lowest BCUT2D eigenvalue weighted by Crippen LogP contribution is -2.06. The van der Waals surface area contributed by atoms with Crippen LogP contribution in [0.3, 0.4) is 0 Å². The minimum absolute atomic E-state index is 0.136. The Kier molecular flexibility index (Phi) is 9.08. The van der Waals surface area contributed by atoms with E-state index < -0.39 is 5.69 Å². The summed E-state index contributed by atoms with van der Waals surface area (Å²) in [5, 5.41) is 0. The van der Waals surface area contributed by atoms with Crippen molar-refractivity contribution in [2.45, 2.75) is 39.9 Å². The van der Waals surface area contributed by atoms with E-state index in [2.05, 4.69) is 6.26 Å². The third-order valence-electron chi connectivity index (χ3n) is 1.22. The molecule has 0 atom stereocenters. The SMILES string of the molecule is CSCCSP(=S)(OC(C)C)OC(C)C. The van der Waals surface area contributed by atoms with Crippen LogP contribution in [0.15, 0.2) is 0 Å². The van der Waals surface area contributed by atoms with E-state index in [-0.39, 0.29) is 12.2 Å². The van der Waals surface area contributed by atoms with Gasteiger partial charge >= 0.3 is 0 Å². The predicted molar refractivity (Wildman–Crippen MR) is 77.6 cm³/mol. The minimum atomic E-state index is -2.12. The molecule has 15 heavy (non-hydrogen) atoms. The Balaban J connectivity index is 4.21. The van der Waals surface area contributed by atoms with E-state index in [9.17, 15) is 0 Å². The fraction of sp³-hybridized carbons (Fsp3) is 1.00. The third kappa shape index (κ3) is 9.02. The van der Waals surface area contributed by atoms with Crippen LogP contribution < -0.4 is 0 Å². The lowest BCUT2D eigenvalue weighted by Gasteiger charge is -2.25. The molecule has 0 saturated carbocycles. The van der Waals surface area contributed by atoms with Gasteiger partial charge in [-0.15, -0.1) is 0 Å². The van der Waals surface area contributed by atoms with Crippen LogP contribution in [0.4, 0.5) is 0 Å². The standard InChI is InChI=1S/C9H21O2PS3/c1-8(2)10-12(13,11-9(3)4)15-7-6-14-5/h8-9H,6-7H2,1-5H3. The van der Waals surface area contributed by atoms with Crippen molar-refractivity contribution in [2.75, 3.05) is 17.8 Å². The second-order valence-electron chi connectivity index (χ2n) is 3.58. The van der Waals surface area contributed by atoms with Crippen molar-refractivity contribution in [3.05, 3.63) is 0 Å². The van der Waals surface area contributed by atoms with E-state index in [0.29, 0.717) is 0 Å². The van der Waals surface area contributed by atoms with Crippen molar-refractivity contribution in [3.63, 3.8) is 0 Å². The number of rotatable bonds is 8. The first kappa shape index (κ1) is 16.3. The zero-order valence-electron chi connectivity index (χ0n) is 10.1. The van der Waals surface area contributed by atoms with Crippen molar-refractivity contribution >= 4 is 40.6 Å². The van der Waals surface area contributed by atoms with E-state index in [1.807, 2.05) is 39.5 Å². The molecule has 0 rings (SSSR count). The van der Waals surface area contributed by atoms with E-state index >= 15 is 0 Å².